The van der Waals surface area contributed by atoms with Crippen molar-refractivity contribution in [3.63, 3.8) is 0 Å². The van der Waals surface area contributed by atoms with E-state index in [1.54, 1.807) is 0 Å². The second kappa shape index (κ2) is 7.07. The van der Waals surface area contributed by atoms with Gasteiger partial charge < -0.3 is 20.5 Å². The molecule has 1 aliphatic carbocycles. The number of hydrogen-bond acceptors (Lipinski definition) is 4. The molecule has 3 N–H and O–H groups in total. The molecule has 2 fully saturated rings. The molecule has 0 aromatic heterocycles. The molecule has 5 heteroatoms. The van der Waals surface area contributed by atoms with Gasteiger partial charge in [-0.05, 0) is 12.8 Å². The average Bonchev–Trinajstić information content (AvgIpc) is 2.81. The topological polar surface area (TPSA) is 70.6 Å². The van der Waals surface area contributed by atoms with E-state index >= 15 is 0 Å². The number of carbonyl (C=O) groups excluding carboxylic acids is 1. The van der Waals surface area contributed by atoms with E-state index in [-0.39, 0.29) is 11.9 Å². The Morgan fingerprint density at radius 1 is 1.39 bits per heavy atom. The molecule has 104 valence electrons. The minimum Gasteiger partial charge on any atom is -0.389 e. The molecule has 0 radical (unpaired) electrons. The fraction of sp³-hybridized carbons (Fsp3) is 0.923. The highest BCUT2D eigenvalue weighted by molar-refractivity contribution is 5.78. The first kappa shape index (κ1) is 13.8. The number of ether oxygens (including phenoxy) is 1. The van der Waals surface area contributed by atoms with Crippen molar-refractivity contribution in [2.24, 2.45) is 0 Å². The van der Waals surface area contributed by atoms with Crippen molar-refractivity contribution in [2.75, 3.05) is 19.7 Å². The van der Waals surface area contributed by atoms with Gasteiger partial charge >= 0.3 is 0 Å². The summed E-state index contributed by atoms with van der Waals surface area (Å²) in [6.07, 6.45) is 6.42. The van der Waals surface area contributed by atoms with Gasteiger partial charge in [0.05, 0.1) is 18.8 Å². The molecule has 0 aromatic rings. The Bertz CT molecular complexity index is 267. The van der Waals surface area contributed by atoms with E-state index in [0.717, 1.165) is 12.8 Å². The lowest BCUT2D eigenvalue weighted by Crippen LogP contribution is -2.39. The van der Waals surface area contributed by atoms with Gasteiger partial charge in [0.25, 0.3) is 0 Å². The summed E-state index contributed by atoms with van der Waals surface area (Å²) >= 11 is 0. The Labute approximate surface area is 108 Å². The van der Waals surface area contributed by atoms with E-state index in [9.17, 15) is 9.90 Å². The lowest BCUT2D eigenvalue weighted by atomic mass is 9.98. The fourth-order valence-corrected chi connectivity index (χ4v) is 2.59. The summed E-state index contributed by atoms with van der Waals surface area (Å²) in [5, 5.41) is 15.8. The Balaban J connectivity index is 1.54. The summed E-state index contributed by atoms with van der Waals surface area (Å²) in [5.41, 5.74) is 0. The molecule has 5 nitrogen and oxygen atoms in total. The SMILES string of the molecule is O=C1CC(NCC(O)COC2CCCCC2)CN1. The zero-order valence-corrected chi connectivity index (χ0v) is 10.9. The molecule has 0 bridgehead atoms. The third-order valence-corrected chi connectivity index (χ3v) is 3.70. The summed E-state index contributed by atoms with van der Waals surface area (Å²) in [4.78, 5) is 11.0. The lowest BCUT2D eigenvalue weighted by Gasteiger charge is -2.24. The average molecular weight is 256 g/mol. The van der Waals surface area contributed by atoms with E-state index < -0.39 is 6.10 Å². The first-order valence-corrected chi connectivity index (χ1v) is 7.04. The van der Waals surface area contributed by atoms with E-state index in [1.807, 2.05) is 0 Å². The maximum atomic E-state index is 11.0. The van der Waals surface area contributed by atoms with E-state index in [0.29, 0.717) is 32.2 Å². The zero-order valence-electron chi connectivity index (χ0n) is 10.9. The second-order valence-electron chi connectivity index (χ2n) is 5.36. The van der Waals surface area contributed by atoms with Gasteiger partial charge in [0.15, 0.2) is 0 Å². The summed E-state index contributed by atoms with van der Waals surface area (Å²) in [6, 6.07) is 0.154. The Morgan fingerprint density at radius 2 is 2.17 bits per heavy atom. The van der Waals surface area contributed by atoms with Crippen molar-refractivity contribution in [3.8, 4) is 0 Å². The van der Waals surface area contributed by atoms with Crippen molar-refractivity contribution in [1.82, 2.24) is 10.6 Å². The molecule has 2 aliphatic rings. The molecule has 1 amide bonds. The third kappa shape index (κ3) is 4.55. The van der Waals surface area contributed by atoms with Crippen molar-refractivity contribution in [3.05, 3.63) is 0 Å². The number of rotatable bonds is 6. The van der Waals surface area contributed by atoms with Crippen LogP contribution in [0.25, 0.3) is 0 Å². The van der Waals surface area contributed by atoms with Crippen LogP contribution in [0.4, 0.5) is 0 Å². The van der Waals surface area contributed by atoms with Gasteiger partial charge in [0, 0.05) is 25.6 Å². The number of carbonyl (C=O) groups is 1. The molecule has 2 rings (SSSR count). The van der Waals surface area contributed by atoms with Crippen molar-refractivity contribution < 1.29 is 14.6 Å². The maximum Gasteiger partial charge on any atom is 0.221 e. The van der Waals surface area contributed by atoms with Crippen LogP contribution in [0, 0.1) is 0 Å². The molecular weight excluding hydrogens is 232 g/mol. The third-order valence-electron chi connectivity index (χ3n) is 3.70. The van der Waals surface area contributed by atoms with E-state index in [2.05, 4.69) is 10.6 Å². The molecule has 2 unspecified atom stereocenters. The van der Waals surface area contributed by atoms with Crippen LogP contribution in [0.15, 0.2) is 0 Å². The molecule has 1 saturated heterocycles. The fourth-order valence-electron chi connectivity index (χ4n) is 2.59. The van der Waals surface area contributed by atoms with E-state index in [1.165, 1.54) is 19.3 Å². The van der Waals surface area contributed by atoms with Crippen LogP contribution in [0.5, 0.6) is 0 Å². The summed E-state index contributed by atoms with van der Waals surface area (Å²) < 4.78 is 5.71. The van der Waals surface area contributed by atoms with Crippen molar-refractivity contribution in [2.45, 2.75) is 56.8 Å². The van der Waals surface area contributed by atoms with Gasteiger partial charge in [-0.15, -0.1) is 0 Å². The van der Waals surface area contributed by atoms with Crippen LogP contribution in [0.2, 0.25) is 0 Å². The molecule has 0 aromatic carbocycles. The van der Waals surface area contributed by atoms with Gasteiger partial charge in [0.1, 0.15) is 0 Å². The molecule has 1 saturated carbocycles. The van der Waals surface area contributed by atoms with Crippen LogP contribution in [0.3, 0.4) is 0 Å². The molecular formula is C13H24N2O3. The van der Waals surface area contributed by atoms with Crippen molar-refractivity contribution >= 4 is 5.91 Å². The van der Waals surface area contributed by atoms with Crippen LogP contribution in [0.1, 0.15) is 38.5 Å². The number of hydrogen-bond donors (Lipinski definition) is 3. The molecule has 0 spiro atoms. The van der Waals surface area contributed by atoms with Gasteiger partial charge in [-0.3, -0.25) is 4.79 Å². The molecule has 18 heavy (non-hydrogen) atoms. The number of nitrogens with one attached hydrogen (secondary N) is 2. The van der Waals surface area contributed by atoms with Gasteiger partial charge in [-0.2, -0.15) is 0 Å². The van der Waals surface area contributed by atoms with Gasteiger partial charge in [-0.1, -0.05) is 19.3 Å². The number of amides is 1. The Morgan fingerprint density at radius 3 is 2.83 bits per heavy atom. The maximum absolute atomic E-state index is 11.0. The molecule has 2 atom stereocenters. The van der Waals surface area contributed by atoms with Crippen molar-refractivity contribution in [1.29, 1.82) is 0 Å². The summed E-state index contributed by atoms with van der Waals surface area (Å²) in [7, 11) is 0. The monoisotopic (exact) mass is 256 g/mol. The zero-order chi connectivity index (χ0) is 12.8. The Hall–Kier alpha value is -0.650. The van der Waals surface area contributed by atoms with E-state index in [4.69, 9.17) is 4.74 Å². The van der Waals surface area contributed by atoms with Gasteiger partial charge in [-0.25, -0.2) is 0 Å². The number of aliphatic hydroxyl groups excluding tert-OH is 1. The van der Waals surface area contributed by atoms with Crippen LogP contribution in [-0.4, -0.2) is 49.0 Å². The Kier molecular flexibility index (Phi) is 5.41. The van der Waals surface area contributed by atoms with Gasteiger partial charge in [0.2, 0.25) is 5.91 Å². The number of aliphatic hydroxyl groups is 1. The summed E-state index contributed by atoms with van der Waals surface area (Å²) in [5.74, 6) is 0.0837. The molecule has 1 heterocycles. The smallest absolute Gasteiger partial charge is 0.221 e. The standard InChI is InChI=1S/C13H24N2O3/c16-11(8-14-10-6-13(17)15-7-10)9-18-12-4-2-1-3-5-12/h10-12,14,16H,1-9H2,(H,15,17). The highest BCUT2D eigenvalue weighted by Gasteiger charge is 2.22. The largest absolute Gasteiger partial charge is 0.389 e. The summed E-state index contributed by atoms with van der Waals surface area (Å²) in [6.45, 7) is 1.55. The minimum absolute atomic E-state index is 0.0837. The normalized spacial score (nSPS) is 27.2. The van der Waals surface area contributed by atoms with Crippen LogP contribution >= 0.6 is 0 Å². The van der Waals surface area contributed by atoms with Crippen LogP contribution in [-0.2, 0) is 9.53 Å². The quantitative estimate of drug-likeness (QED) is 0.634. The lowest BCUT2D eigenvalue weighted by molar-refractivity contribution is -0.119. The highest BCUT2D eigenvalue weighted by atomic mass is 16.5. The first-order valence-electron chi connectivity index (χ1n) is 7.04. The molecule has 1 aliphatic heterocycles. The van der Waals surface area contributed by atoms with Crippen LogP contribution < -0.4 is 10.6 Å². The predicted octanol–water partition coefficient (Wildman–Crippen LogP) is 0.175. The first-order chi connectivity index (χ1) is 8.74. The highest BCUT2D eigenvalue weighted by Crippen LogP contribution is 2.20. The minimum atomic E-state index is -0.484. The second-order valence-corrected chi connectivity index (χ2v) is 5.36. The predicted molar refractivity (Wildman–Crippen MR) is 68.2 cm³/mol.